The molecule has 0 fully saturated rings. The molecule has 0 saturated heterocycles. The predicted molar refractivity (Wildman–Crippen MR) is 78.0 cm³/mol. The van der Waals surface area contributed by atoms with Gasteiger partial charge in [0, 0.05) is 11.1 Å². The minimum absolute atomic E-state index is 0.292. The molecular weight excluding hydrogens is 283 g/mol. The number of hydrogen-bond donors (Lipinski definition) is 1. The van der Waals surface area contributed by atoms with E-state index in [0.29, 0.717) is 21.2 Å². The lowest BCUT2D eigenvalue weighted by atomic mass is 10.2. The van der Waals surface area contributed by atoms with Crippen LogP contribution in [0.25, 0.3) is 0 Å². The van der Waals surface area contributed by atoms with Crippen molar-refractivity contribution >= 4 is 35.3 Å². The van der Waals surface area contributed by atoms with E-state index in [1.54, 1.807) is 42.5 Å². The first-order chi connectivity index (χ1) is 9.18. The van der Waals surface area contributed by atoms with Gasteiger partial charge in [0.05, 0.1) is 16.3 Å². The van der Waals surface area contributed by atoms with Crippen LogP contribution in [0.2, 0.25) is 10.0 Å². The molecule has 0 aliphatic rings. The smallest absolute Gasteiger partial charge is 0.267 e. The summed E-state index contributed by atoms with van der Waals surface area (Å²) in [5.41, 5.74) is 3.52. The van der Waals surface area contributed by atoms with E-state index in [9.17, 15) is 4.79 Å². The molecule has 0 radical (unpaired) electrons. The molecule has 96 valence electrons. The zero-order valence-corrected chi connectivity index (χ0v) is 11.3. The summed E-state index contributed by atoms with van der Waals surface area (Å²) in [6.45, 7) is 0. The van der Waals surface area contributed by atoms with E-state index in [1.165, 1.54) is 6.21 Å². The molecule has 0 bridgehead atoms. The summed E-state index contributed by atoms with van der Waals surface area (Å²) in [5, 5.41) is 4.80. The van der Waals surface area contributed by atoms with Gasteiger partial charge in [-0.05, 0) is 24.3 Å². The highest BCUT2D eigenvalue weighted by Crippen LogP contribution is 2.21. The number of hydrazone groups is 1. The molecule has 2 rings (SSSR count). The van der Waals surface area contributed by atoms with Gasteiger partial charge >= 0.3 is 0 Å². The SMILES string of the molecule is O=C(NN=Cc1c(Cl)cccc1Cl)c1ccccc1. The summed E-state index contributed by atoms with van der Waals surface area (Å²) in [6.07, 6.45) is 1.42. The number of nitrogens with one attached hydrogen (secondary N) is 1. The number of benzene rings is 2. The monoisotopic (exact) mass is 292 g/mol. The molecule has 0 heterocycles. The summed E-state index contributed by atoms with van der Waals surface area (Å²) in [4.78, 5) is 11.7. The molecule has 0 aliphatic carbocycles. The highest BCUT2D eigenvalue weighted by molar-refractivity contribution is 6.38. The van der Waals surface area contributed by atoms with Crippen molar-refractivity contribution in [1.29, 1.82) is 0 Å². The Morgan fingerprint density at radius 2 is 1.63 bits per heavy atom. The van der Waals surface area contributed by atoms with E-state index in [1.807, 2.05) is 6.07 Å². The first-order valence-corrected chi connectivity index (χ1v) is 6.26. The Labute approximate surface area is 120 Å². The third kappa shape index (κ3) is 3.56. The van der Waals surface area contributed by atoms with Gasteiger partial charge in [-0.3, -0.25) is 4.79 Å². The fourth-order valence-electron chi connectivity index (χ4n) is 1.44. The van der Waals surface area contributed by atoms with Gasteiger partial charge in [-0.15, -0.1) is 0 Å². The van der Waals surface area contributed by atoms with Crippen LogP contribution in [0.3, 0.4) is 0 Å². The Morgan fingerprint density at radius 3 is 2.26 bits per heavy atom. The van der Waals surface area contributed by atoms with Crippen LogP contribution in [-0.2, 0) is 0 Å². The molecule has 19 heavy (non-hydrogen) atoms. The van der Waals surface area contributed by atoms with Gasteiger partial charge in [0.2, 0.25) is 0 Å². The van der Waals surface area contributed by atoms with Gasteiger partial charge in [0.1, 0.15) is 0 Å². The maximum atomic E-state index is 11.7. The first-order valence-electron chi connectivity index (χ1n) is 5.51. The second kappa shape index (κ2) is 6.36. The van der Waals surface area contributed by atoms with Gasteiger partial charge in [0.25, 0.3) is 5.91 Å². The third-order valence-corrected chi connectivity index (χ3v) is 3.05. The standard InChI is InChI=1S/C14H10Cl2N2O/c15-12-7-4-8-13(16)11(12)9-17-18-14(19)10-5-2-1-3-6-10/h1-9H,(H,18,19). The Hall–Kier alpha value is -1.84. The van der Waals surface area contributed by atoms with Crippen LogP contribution < -0.4 is 5.43 Å². The lowest BCUT2D eigenvalue weighted by molar-refractivity contribution is 0.0955. The average Bonchev–Trinajstić information content (AvgIpc) is 2.43. The lowest BCUT2D eigenvalue weighted by Crippen LogP contribution is -2.17. The van der Waals surface area contributed by atoms with E-state index in [2.05, 4.69) is 10.5 Å². The molecular formula is C14H10Cl2N2O. The quantitative estimate of drug-likeness (QED) is 0.679. The van der Waals surface area contributed by atoms with Crippen LogP contribution in [0.5, 0.6) is 0 Å². The Morgan fingerprint density at radius 1 is 1.00 bits per heavy atom. The summed E-state index contributed by atoms with van der Waals surface area (Å²) in [5.74, 6) is -0.292. The van der Waals surface area contributed by atoms with Crippen molar-refractivity contribution in [1.82, 2.24) is 5.43 Å². The van der Waals surface area contributed by atoms with Crippen molar-refractivity contribution in [3.8, 4) is 0 Å². The number of carbonyl (C=O) groups is 1. The molecule has 1 amide bonds. The van der Waals surface area contributed by atoms with E-state index in [4.69, 9.17) is 23.2 Å². The van der Waals surface area contributed by atoms with Crippen molar-refractivity contribution in [3.05, 3.63) is 69.7 Å². The summed E-state index contributed by atoms with van der Waals surface area (Å²) < 4.78 is 0. The molecule has 5 heteroatoms. The summed E-state index contributed by atoms with van der Waals surface area (Å²) >= 11 is 11.9. The molecule has 0 atom stereocenters. The van der Waals surface area contributed by atoms with E-state index < -0.39 is 0 Å². The largest absolute Gasteiger partial charge is 0.271 e. The number of rotatable bonds is 3. The lowest BCUT2D eigenvalue weighted by Gasteiger charge is -2.01. The minimum Gasteiger partial charge on any atom is -0.267 e. The fourth-order valence-corrected chi connectivity index (χ4v) is 1.94. The molecule has 3 nitrogen and oxygen atoms in total. The maximum Gasteiger partial charge on any atom is 0.271 e. The van der Waals surface area contributed by atoms with Crippen LogP contribution in [0.1, 0.15) is 15.9 Å². The van der Waals surface area contributed by atoms with Crippen molar-refractivity contribution in [2.24, 2.45) is 5.10 Å². The van der Waals surface area contributed by atoms with E-state index in [-0.39, 0.29) is 5.91 Å². The van der Waals surface area contributed by atoms with Crippen LogP contribution in [0.15, 0.2) is 53.6 Å². The van der Waals surface area contributed by atoms with Crippen LogP contribution in [-0.4, -0.2) is 12.1 Å². The van der Waals surface area contributed by atoms with Gasteiger partial charge in [-0.2, -0.15) is 5.10 Å². The molecule has 1 N–H and O–H groups in total. The van der Waals surface area contributed by atoms with Gasteiger partial charge in [-0.1, -0.05) is 47.5 Å². The topological polar surface area (TPSA) is 41.5 Å². The van der Waals surface area contributed by atoms with Crippen molar-refractivity contribution in [2.75, 3.05) is 0 Å². The van der Waals surface area contributed by atoms with Gasteiger partial charge < -0.3 is 0 Å². The Balaban J connectivity index is 2.07. The highest BCUT2D eigenvalue weighted by Gasteiger charge is 2.04. The van der Waals surface area contributed by atoms with E-state index >= 15 is 0 Å². The number of carbonyl (C=O) groups excluding carboxylic acids is 1. The van der Waals surface area contributed by atoms with Gasteiger partial charge in [0.15, 0.2) is 0 Å². The maximum absolute atomic E-state index is 11.7. The normalized spacial score (nSPS) is 10.6. The van der Waals surface area contributed by atoms with Crippen LogP contribution in [0.4, 0.5) is 0 Å². The molecule has 0 saturated carbocycles. The first kappa shape index (κ1) is 13.6. The molecule has 0 aliphatic heterocycles. The second-order valence-electron chi connectivity index (χ2n) is 3.70. The molecule has 0 aromatic heterocycles. The molecule has 2 aromatic carbocycles. The zero-order valence-electron chi connectivity index (χ0n) is 9.81. The molecule has 0 unspecified atom stereocenters. The summed E-state index contributed by atoms with van der Waals surface area (Å²) in [7, 11) is 0. The van der Waals surface area contributed by atoms with Gasteiger partial charge in [-0.25, -0.2) is 5.43 Å². The van der Waals surface area contributed by atoms with Crippen molar-refractivity contribution in [2.45, 2.75) is 0 Å². The Bertz CT molecular complexity index is 592. The van der Waals surface area contributed by atoms with Crippen LogP contribution >= 0.6 is 23.2 Å². The second-order valence-corrected chi connectivity index (χ2v) is 4.51. The number of nitrogens with zero attached hydrogens (tertiary/aromatic N) is 1. The summed E-state index contributed by atoms with van der Waals surface area (Å²) in [6, 6.07) is 13.9. The van der Waals surface area contributed by atoms with Crippen molar-refractivity contribution < 1.29 is 4.79 Å². The van der Waals surface area contributed by atoms with E-state index in [0.717, 1.165) is 0 Å². The third-order valence-electron chi connectivity index (χ3n) is 2.40. The number of hydrogen-bond acceptors (Lipinski definition) is 2. The average molecular weight is 293 g/mol. The Kier molecular flexibility index (Phi) is 4.55. The predicted octanol–water partition coefficient (Wildman–Crippen LogP) is 3.76. The fraction of sp³-hybridized carbons (Fsp3) is 0. The zero-order chi connectivity index (χ0) is 13.7. The number of halogens is 2. The minimum atomic E-state index is -0.292. The van der Waals surface area contributed by atoms with Crippen molar-refractivity contribution in [3.63, 3.8) is 0 Å². The molecule has 2 aromatic rings. The molecule has 0 spiro atoms. The highest BCUT2D eigenvalue weighted by atomic mass is 35.5. The van der Waals surface area contributed by atoms with Crippen LogP contribution in [0, 0.1) is 0 Å². The number of amides is 1.